The Morgan fingerprint density at radius 3 is 2.94 bits per heavy atom. The van der Waals surface area contributed by atoms with Crippen LogP contribution < -0.4 is 10.6 Å². The van der Waals surface area contributed by atoms with Crippen molar-refractivity contribution >= 4 is 11.9 Å². The van der Waals surface area contributed by atoms with E-state index in [-0.39, 0.29) is 18.1 Å². The van der Waals surface area contributed by atoms with Crippen molar-refractivity contribution in [2.75, 3.05) is 13.1 Å². The molecule has 1 amide bonds. The number of carboxylic acids is 1. The second-order valence-corrected chi connectivity index (χ2v) is 4.56. The third-order valence-corrected chi connectivity index (χ3v) is 3.26. The van der Waals surface area contributed by atoms with E-state index in [2.05, 4.69) is 10.6 Å². The van der Waals surface area contributed by atoms with Crippen LogP contribution in [0.3, 0.4) is 0 Å². The number of rotatable bonds is 4. The Balaban J connectivity index is 1.72. The highest BCUT2D eigenvalue weighted by atomic mass is 16.5. The van der Waals surface area contributed by atoms with E-state index in [1.165, 1.54) is 0 Å². The molecular weight excluding hydrogens is 224 g/mol. The first-order valence-electron chi connectivity index (χ1n) is 6.06. The molecule has 6 heteroatoms. The fourth-order valence-corrected chi connectivity index (χ4v) is 2.28. The maximum absolute atomic E-state index is 11.5. The molecule has 2 aliphatic rings. The van der Waals surface area contributed by atoms with Gasteiger partial charge in [-0.1, -0.05) is 0 Å². The van der Waals surface area contributed by atoms with Crippen molar-refractivity contribution in [3.8, 4) is 0 Å². The Kier molecular flexibility index (Phi) is 3.96. The van der Waals surface area contributed by atoms with E-state index in [4.69, 9.17) is 9.84 Å². The Labute approximate surface area is 99.7 Å². The van der Waals surface area contributed by atoms with Gasteiger partial charge in [0.15, 0.2) is 6.10 Å². The van der Waals surface area contributed by atoms with Crippen molar-refractivity contribution in [2.24, 2.45) is 0 Å². The van der Waals surface area contributed by atoms with Gasteiger partial charge in [-0.25, -0.2) is 4.79 Å². The quantitative estimate of drug-likeness (QED) is 0.618. The Morgan fingerprint density at radius 1 is 1.47 bits per heavy atom. The zero-order valence-electron chi connectivity index (χ0n) is 9.65. The summed E-state index contributed by atoms with van der Waals surface area (Å²) in [6, 6.07) is -0.156. The lowest BCUT2D eigenvalue weighted by molar-refractivity contribution is -0.149. The SMILES string of the molecule is O=C1NCCCC1NCC1CCC(C(=O)O)O1. The summed E-state index contributed by atoms with van der Waals surface area (Å²) in [5, 5.41) is 14.7. The van der Waals surface area contributed by atoms with Crippen LogP contribution in [0.1, 0.15) is 25.7 Å². The number of hydrogen-bond acceptors (Lipinski definition) is 4. The average Bonchev–Trinajstić information content (AvgIpc) is 2.77. The normalized spacial score (nSPS) is 33.4. The van der Waals surface area contributed by atoms with Gasteiger partial charge in [0.25, 0.3) is 0 Å². The third kappa shape index (κ3) is 3.17. The number of nitrogens with one attached hydrogen (secondary N) is 2. The summed E-state index contributed by atoms with van der Waals surface area (Å²) in [6.45, 7) is 1.29. The number of carbonyl (C=O) groups is 2. The van der Waals surface area contributed by atoms with Crippen LogP contribution in [-0.4, -0.2) is 48.3 Å². The van der Waals surface area contributed by atoms with Crippen molar-refractivity contribution in [1.29, 1.82) is 0 Å². The van der Waals surface area contributed by atoms with Gasteiger partial charge in [0, 0.05) is 13.1 Å². The summed E-state index contributed by atoms with van der Waals surface area (Å²) >= 11 is 0. The van der Waals surface area contributed by atoms with E-state index in [0.29, 0.717) is 13.0 Å². The molecule has 17 heavy (non-hydrogen) atoms. The number of carbonyl (C=O) groups excluding carboxylic acids is 1. The minimum absolute atomic E-state index is 0.0315. The largest absolute Gasteiger partial charge is 0.479 e. The first kappa shape index (κ1) is 12.3. The van der Waals surface area contributed by atoms with Crippen LogP contribution in [0.2, 0.25) is 0 Å². The summed E-state index contributed by atoms with van der Waals surface area (Å²) < 4.78 is 5.36. The van der Waals surface area contributed by atoms with Gasteiger partial charge in [-0.3, -0.25) is 4.79 Å². The van der Waals surface area contributed by atoms with Gasteiger partial charge in [0.1, 0.15) is 0 Å². The van der Waals surface area contributed by atoms with E-state index in [0.717, 1.165) is 25.8 Å². The van der Waals surface area contributed by atoms with E-state index in [9.17, 15) is 9.59 Å². The van der Waals surface area contributed by atoms with Gasteiger partial charge in [0.05, 0.1) is 12.1 Å². The fraction of sp³-hybridized carbons (Fsp3) is 0.818. The molecule has 0 aromatic carbocycles. The van der Waals surface area contributed by atoms with Gasteiger partial charge < -0.3 is 20.5 Å². The van der Waals surface area contributed by atoms with Gasteiger partial charge >= 0.3 is 5.97 Å². The zero-order valence-corrected chi connectivity index (χ0v) is 9.65. The van der Waals surface area contributed by atoms with Crippen molar-refractivity contribution in [3.63, 3.8) is 0 Å². The Morgan fingerprint density at radius 2 is 2.29 bits per heavy atom. The summed E-state index contributed by atoms with van der Waals surface area (Å²) in [7, 11) is 0. The van der Waals surface area contributed by atoms with Crippen molar-refractivity contribution < 1.29 is 19.4 Å². The molecule has 0 aromatic heterocycles. The maximum Gasteiger partial charge on any atom is 0.332 e. The van der Waals surface area contributed by atoms with E-state index in [1.807, 2.05) is 0 Å². The minimum Gasteiger partial charge on any atom is -0.479 e. The van der Waals surface area contributed by atoms with E-state index in [1.54, 1.807) is 0 Å². The first-order valence-corrected chi connectivity index (χ1v) is 6.06. The van der Waals surface area contributed by atoms with E-state index >= 15 is 0 Å². The van der Waals surface area contributed by atoms with Crippen LogP contribution in [-0.2, 0) is 14.3 Å². The molecule has 0 aromatic rings. The minimum atomic E-state index is -0.900. The van der Waals surface area contributed by atoms with Gasteiger partial charge in [-0.15, -0.1) is 0 Å². The molecule has 0 bridgehead atoms. The predicted octanol–water partition coefficient (Wildman–Crippen LogP) is -0.513. The van der Waals surface area contributed by atoms with Crippen molar-refractivity contribution in [2.45, 2.75) is 43.9 Å². The van der Waals surface area contributed by atoms with Gasteiger partial charge in [-0.2, -0.15) is 0 Å². The third-order valence-electron chi connectivity index (χ3n) is 3.26. The van der Waals surface area contributed by atoms with Gasteiger partial charge in [0.2, 0.25) is 5.91 Å². The maximum atomic E-state index is 11.5. The fourth-order valence-electron chi connectivity index (χ4n) is 2.28. The summed E-state index contributed by atoms with van der Waals surface area (Å²) in [5.41, 5.74) is 0. The molecule has 3 unspecified atom stereocenters. The number of aliphatic carboxylic acids is 1. The number of piperidine rings is 1. The number of ether oxygens (including phenoxy) is 1. The monoisotopic (exact) mass is 242 g/mol. The molecule has 96 valence electrons. The second kappa shape index (κ2) is 5.46. The second-order valence-electron chi connectivity index (χ2n) is 4.56. The number of hydrogen-bond donors (Lipinski definition) is 3. The molecule has 6 nitrogen and oxygen atoms in total. The highest BCUT2D eigenvalue weighted by Crippen LogP contribution is 2.19. The molecule has 0 spiro atoms. The average molecular weight is 242 g/mol. The number of amides is 1. The molecule has 3 atom stereocenters. The van der Waals surface area contributed by atoms with Crippen LogP contribution >= 0.6 is 0 Å². The smallest absolute Gasteiger partial charge is 0.332 e. The lowest BCUT2D eigenvalue weighted by atomic mass is 10.1. The molecule has 3 N–H and O–H groups in total. The van der Waals surface area contributed by atoms with Crippen molar-refractivity contribution in [1.82, 2.24) is 10.6 Å². The molecule has 2 aliphatic heterocycles. The highest BCUT2D eigenvalue weighted by molar-refractivity contribution is 5.82. The Hall–Kier alpha value is -1.14. The van der Waals surface area contributed by atoms with Crippen LogP contribution in [0.4, 0.5) is 0 Å². The molecule has 0 saturated carbocycles. The molecule has 2 fully saturated rings. The molecule has 2 saturated heterocycles. The Bertz CT molecular complexity index is 308. The van der Waals surface area contributed by atoms with Crippen LogP contribution in [0.25, 0.3) is 0 Å². The van der Waals surface area contributed by atoms with Crippen LogP contribution in [0, 0.1) is 0 Å². The summed E-state index contributed by atoms with van der Waals surface area (Å²) in [6.07, 6.45) is 2.33. The number of carboxylic acid groups (broad SMARTS) is 1. The predicted molar refractivity (Wildman–Crippen MR) is 59.6 cm³/mol. The molecule has 0 aliphatic carbocycles. The summed E-state index contributed by atoms with van der Waals surface area (Å²) in [4.78, 5) is 22.2. The lowest BCUT2D eigenvalue weighted by Crippen LogP contribution is -2.50. The standard InChI is InChI=1S/C11H18N2O4/c14-10-8(2-1-5-12-10)13-6-7-3-4-9(17-7)11(15)16/h7-9,13H,1-6H2,(H,12,14)(H,15,16). The zero-order chi connectivity index (χ0) is 12.3. The topological polar surface area (TPSA) is 87.7 Å². The van der Waals surface area contributed by atoms with Gasteiger partial charge in [-0.05, 0) is 25.7 Å². The molecular formula is C11H18N2O4. The van der Waals surface area contributed by atoms with Crippen molar-refractivity contribution in [3.05, 3.63) is 0 Å². The molecule has 0 radical (unpaired) electrons. The van der Waals surface area contributed by atoms with E-state index < -0.39 is 12.1 Å². The molecule has 2 heterocycles. The lowest BCUT2D eigenvalue weighted by Gasteiger charge is -2.24. The van der Waals surface area contributed by atoms with Crippen LogP contribution in [0.15, 0.2) is 0 Å². The molecule has 2 rings (SSSR count). The van der Waals surface area contributed by atoms with Crippen LogP contribution in [0.5, 0.6) is 0 Å². The summed E-state index contributed by atoms with van der Waals surface area (Å²) in [5.74, 6) is -0.869. The first-order chi connectivity index (χ1) is 8.16. The highest BCUT2D eigenvalue weighted by Gasteiger charge is 2.31.